The maximum atomic E-state index is 11.8. The summed E-state index contributed by atoms with van der Waals surface area (Å²) >= 11 is 3.25. The molecule has 2 rings (SSSR count). The second-order valence-corrected chi connectivity index (χ2v) is 5.72. The Labute approximate surface area is 131 Å². The van der Waals surface area contributed by atoms with Gasteiger partial charge < -0.3 is 20.5 Å². The Morgan fingerprint density at radius 3 is 2.90 bits per heavy atom. The molecule has 1 aliphatic rings. The molecule has 6 nitrogen and oxygen atoms in total. The van der Waals surface area contributed by atoms with Crippen molar-refractivity contribution >= 4 is 33.6 Å². The molecule has 1 fully saturated rings. The molecule has 114 valence electrons. The molecule has 21 heavy (non-hydrogen) atoms. The highest BCUT2D eigenvalue weighted by molar-refractivity contribution is 9.10. The molecule has 1 unspecified atom stereocenters. The number of benzene rings is 1. The summed E-state index contributed by atoms with van der Waals surface area (Å²) in [6.45, 7) is 1.28. The monoisotopic (exact) mass is 356 g/mol. The number of carbonyl (C=O) groups is 2. The summed E-state index contributed by atoms with van der Waals surface area (Å²) in [7, 11) is 0. The minimum Gasteiger partial charge on any atom is -0.478 e. The van der Waals surface area contributed by atoms with Crippen LogP contribution in [0.3, 0.4) is 0 Å². The van der Waals surface area contributed by atoms with E-state index in [1.54, 1.807) is 12.1 Å². The van der Waals surface area contributed by atoms with Crippen molar-refractivity contribution in [1.82, 2.24) is 5.32 Å². The minimum atomic E-state index is -1.09. The first-order valence-corrected chi connectivity index (χ1v) is 7.55. The number of carbonyl (C=O) groups excluding carboxylic acids is 1. The van der Waals surface area contributed by atoms with Crippen LogP contribution in [0.5, 0.6) is 0 Å². The Morgan fingerprint density at radius 1 is 1.43 bits per heavy atom. The smallest absolute Gasteiger partial charge is 0.337 e. The van der Waals surface area contributed by atoms with Gasteiger partial charge in [-0.3, -0.25) is 0 Å². The van der Waals surface area contributed by atoms with Crippen molar-refractivity contribution in [2.75, 3.05) is 18.5 Å². The Hall–Kier alpha value is -1.60. The van der Waals surface area contributed by atoms with Crippen molar-refractivity contribution in [2.24, 2.45) is 0 Å². The minimum absolute atomic E-state index is 0.0486. The molecular weight excluding hydrogens is 340 g/mol. The fourth-order valence-corrected chi connectivity index (χ4v) is 2.55. The summed E-state index contributed by atoms with van der Waals surface area (Å²) in [5.41, 5.74) is 0.305. The van der Waals surface area contributed by atoms with E-state index in [0.717, 1.165) is 25.9 Å². The number of nitrogens with one attached hydrogen (secondary N) is 2. The molecule has 0 aliphatic carbocycles. The molecule has 1 heterocycles. The van der Waals surface area contributed by atoms with E-state index in [1.165, 1.54) is 6.07 Å². The first kappa shape index (κ1) is 15.8. The second-order valence-electron chi connectivity index (χ2n) is 4.80. The zero-order valence-electron chi connectivity index (χ0n) is 11.4. The van der Waals surface area contributed by atoms with Gasteiger partial charge in [0.25, 0.3) is 0 Å². The van der Waals surface area contributed by atoms with Crippen molar-refractivity contribution in [1.29, 1.82) is 0 Å². The molecule has 2 amide bonds. The molecule has 1 aromatic rings. The molecule has 0 saturated carbocycles. The van der Waals surface area contributed by atoms with Gasteiger partial charge in [-0.1, -0.05) is 15.9 Å². The Bertz CT molecular complexity index is 530. The average Bonchev–Trinajstić information content (AvgIpc) is 2.91. The molecule has 0 spiro atoms. The first-order chi connectivity index (χ1) is 10.1. The molecular formula is C14H17BrN2O4. The van der Waals surface area contributed by atoms with E-state index in [1.807, 2.05) is 0 Å². The van der Waals surface area contributed by atoms with Gasteiger partial charge in [0.05, 0.1) is 17.4 Å². The lowest BCUT2D eigenvalue weighted by atomic mass is 10.2. The molecule has 0 aromatic heterocycles. The first-order valence-electron chi connectivity index (χ1n) is 6.75. The van der Waals surface area contributed by atoms with Crippen molar-refractivity contribution in [3.63, 3.8) is 0 Å². The van der Waals surface area contributed by atoms with Gasteiger partial charge in [-0.05, 0) is 37.5 Å². The predicted octanol–water partition coefficient (Wildman–Crippen LogP) is 2.84. The topological polar surface area (TPSA) is 87.7 Å². The van der Waals surface area contributed by atoms with E-state index in [0.29, 0.717) is 11.0 Å². The number of halogens is 1. The summed E-state index contributed by atoms with van der Waals surface area (Å²) in [6.07, 6.45) is 3.07. The summed E-state index contributed by atoms with van der Waals surface area (Å²) in [4.78, 5) is 22.9. The van der Waals surface area contributed by atoms with E-state index >= 15 is 0 Å². The van der Waals surface area contributed by atoms with Gasteiger partial charge in [0, 0.05) is 17.6 Å². The largest absolute Gasteiger partial charge is 0.478 e. The number of aromatic carboxylic acids is 1. The van der Waals surface area contributed by atoms with Gasteiger partial charge in [-0.2, -0.15) is 0 Å². The molecule has 1 aliphatic heterocycles. The summed E-state index contributed by atoms with van der Waals surface area (Å²) < 4.78 is 6.16. The highest BCUT2D eigenvalue weighted by Gasteiger charge is 2.16. The number of hydrogen-bond acceptors (Lipinski definition) is 3. The third-order valence-electron chi connectivity index (χ3n) is 3.24. The Morgan fingerprint density at radius 2 is 2.24 bits per heavy atom. The van der Waals surface area contributed by atoms with Gasteiger partial charge in [0.2, 0.25) is 0 Å². The average molecular weight is 357 g/mol. The van der Waals surface area contributed by atoms with Crippen LogP contribution >= 0.6 is 15.9 Å². The van der Waals surface area contributed by atoms with Gasteiger partial charge in [0.15, 0.2) is 0 Å². The molecule has 7 heteroatoms. The number of carboxylic acid groups (broad SMARTS) is 1. The Kier molecular flexibility index (Phi) is 5.58. The number of hydrogen-bond donors (Lipinski definition) is 3. The molecule has 3 N–H and O–H groups in total. The van der Waals surface area contributed by atoms with Gasteiger partial charge in [-0.15, -0.1) is 0 Å². The zero-order chi connectivity index (χ0) is 15.2. The molecule has 1 saturated heterocycles. The van der Waals surface area contributed by atoms with Crippen LogP contribution in [0.25, 0.3) is 0 Å². The van der Waals surface area contributed by atoms with Crippen molar-refractivity contribution in [3.8, 4) is 0 Å². The van der Waals surface area contributed by atoms with Crippen LogP contribution in [0.1, 0.15) is 29.6 Å². The van der Waals surface area contributed by atoms with Crippen LogP contribution in [0, 0.1) is 0 Å². The number of ether oxygens (including phenoxy) is 1. The van der Waals surface area contributed by atoms with Gasteiger partial charge in [-0.25, -0.2) is 9.59 Å². The van der Waals surface area contributed by atoms with E-state index in [4.69, 9.17) is 9.84 Å². The van der Waals surface area contributed by atoms with Crippen LogP contribution in [-0.2, 0) is 4.74 Å². The van der Waals surface area contributed by atoms with E-state index in [9.17, 15) is 9.59 Å². The maximum absolute atomic E-state index is 11.8. The van der Waals surface area contributed by atoms with Crippen LogP contribution in [-0.4, -0.2) is 36.4 Å². The normalized spacial score (nSPS) is 17.5. The van der Waals surface area contributed by atoms with Crippen molar-refractivity contribution in [2.45, 2.75) is 25.4 Å². The fourth-order valence-electron chi connectivity index (χ4n) is 2.19. The van der Waals surface area contributed by atoms with Crippen LogP contribution in [0.15, 0.2) is 22.7 Å². The third kappa shape index (κ3) is 4.71. The van der Waals surface area contributed by atoms with Crippen molar-refractivity contribution < 1.29 is 19.4 Å². The Balaban J connectivity index is 1.86. The number of amides is 2. The van der Waals surface area contributed by atoms with Crippen LogP contribution in [0.2, 0.25) is 0 Å². The van der Waals surface area contributed by atoms with Crippen molar-refractivity contribution in [3.05, 3.63) is 28.2 Å². The highest BCUT2D eigenvalue weighted by Crippen LogP contribution is 2.21. The van der Waals surface area contributed by atoms with E-state index in [2.05, 4.69) is 26.6 Å². The summed E-state index contributed by atoms with van der Waals surface area (Å²) in [5, 5.41) is 14.3. The lowest BCUT2D eigenvalue weighted by Gasteiger charge is -2.12. The molecule has 1 aromatic carbocycles. The lowest BCUT2D eigenvalue weighted by molar-refractivity contribution is 0.0698. The maximum Gasteiger partial charge on any atom is 0.337 e. The standard InChI is InChI=1S/C14H17BrN2O4/c15-9-3-4-11(13(18)19)12(8-9)17-14(20)16-6-5-10-2-1-7-21-10/h3-4,8,10H,1-2,5-7H2,(H,18,19)(H2,16,17,20). The van der Waals surface area contributed by atoms with Crippen LogP contribution < -0.4 is 10.6 Å². The predicted molar refractivity (Wildman–Crippen MR) is 81.7 cm³/mol. The van der Waals surface area contributed by atoms with Gasteiger partial charge in [0.1, 0.15) is 0 Å². The summed E-state index contributed by atoms with van der Waals surface area (Å²) in [5.74, 6) is -1.09. The fraction of sp³-hybridized carbons (Fsp3) is 0.429. The second kappa shape index (κ2) is 7.42. The van der Waals surface area contributed by atoms with E-state index < -0.39 is 12.0 Å². The SMILES string of the molecule is O=C(NCCC1CCCO1)Nc1cc(Br)ccc1C(=O)O. The quantitative estimate of drug-likeness (QED) is 0.756. The molecule has 0 radical (unpaired) electrons. The van der Waals surface area contributed by atoms with Gasteiger partial charge >= 0.3 is 12.0 Å². The zero-order valence-corrected chi connectivity index (χ0v) is 13.0. The molecule has 0 bridgehead atoms. The van der Waals surface area contributed by atoms with Crippen LogP contribution in [0.4, 0.5) is 10.5 Å². The molecule has 1 atom stereocenters. The lowest BCUT2D eigenvalue weighted by Crippen LogP contribution is -2.31. The third-order valence-corrected chi connectivity index (χ3v) is 3.73. The number of anilines is 1. The highest BCUT2D eigenvalue weighted by atomic mass is 79.9. The number of carboxylic acids is 1. The van der Waals surface area contributed by atoms with E-state index in [-0.39, 0.29) is 17.4 Å². The number of urea groups is 1. The summed E-state index contributed by atoms with van der Waals surface area (Å²) in [6, 6.07) is 4.19. The number of rotatable bonds is 5.